The van der Waals surface area contributed by atoms with Gasteiger partial charge in [-0.1, -0.05) is 24.3 Å². The second-order valence-electron chi connectivity index (χ2n) is 5.15. The molecule has 0 aromatic heterocycles. The molecule has 0 bridgehead atoms. The summed E-state index contributed by atoms with van der Waals surface area (Å²) in [6, 6.07) is 7.30. The molecule has 1 N–H and O–H groups in total. The molecule has 0 heterocycles. The minimum Gasteiger partial charge on any atom is -0.460 e. The quantitative estimate of drug-likeness (QED) is 0.683. The standard InChI is InChI=1S/C13H18O3.C2H6S.BH3/c1-13(2,3)16-12(15)8-10-5-4-6-11(7-10)9-14;1-3-2;/h4-7,14H,8-9H2,1-3H3;1-2H3;1H3. The van der Waals surface area contributed by atoms with E-state index in [1.807, 2.05) is 57.5 Å². The Morgan fingerprint density at radius 3 is 2.20 bits per heavy atom. The predicted octanol–water partition coefficient (Wildman–Crippen LogP) is 1.86. The minimum absolute atomic E-state index is 0. The van der Waals surface area contributed by atoms with E-state index in [0.717, 1.165) is 11.1 Å². The van der Waals surface area contributed by atoms with Crippen molar-refractivity contribution >= 4 is 26.1 Å². The van der Waals surface area contributed by atoms with Gasteiger partial charge in [-0.2, -0.15) is 11.8 Å². The highest BCUT2D eigenvalue weighted by atomic mass is 32.2. The van der Waals surface area contributed by atoms with E-state index < -0.39 is 5.60 Å². The third kappa shape index (κ3) is 10.9. The van der Waals surface area contributed by atoms with Crippen LogP contribution in [0.15, 0.2) is 24.3 Å². The fourth-order valence-electron chi connectivity index (χ4n) is 1.38. The second kappa shape index (κ2) is 10.8. The molecular weight excluding hydrogens is 271 g/mol. The van der Waals surface area contributed by atoms with Crippen LogP contribution in [0.5, 0.6) is 0 Å². The third-order valence-corrected chi connectivity index (χ3v) is 1.94. The van der Waals surface area contributed by atoms with Crippen LogP contribution >= 0.6 is 11.8 Å². The molecule has 3 nitrogen and oxygen atoms in total. The van der Waals surface area contributed by atoms with Crippen molar-refractivity contribution in [3.63, 3.8) is 0 Å². The molecule has 0 aliphatic heterocycles. The fraction of sp³-hybridized carbons (Fsp3) is 0.533. The van der Waals surface area contributed by atoms with Crippen LogP contribution in [0.1, 0.15) is 31.9 Å². The Morgan fingerprint density at radius 2 is 1.75 bits per heavy atom. The number of thioether (sulfide) groups is 1. The SMILES string of the molecule is B.CC(C)(C)OC(=O)Cc1cccc(CO)c1.CSC. The Kier molecular flexibility index (Phi) is 11.5. The number of carbonyl (C=O) groups excluding carboxylic acids is 1. The average Bonchev–Trinajstić information content (AvgIpc) is 2.27. The highest BCUT2D eigenvalue weighted by molar-refractivity contribution is 7.97. The number of esters is 1. The smallest absolute Gasteiger partial charge is 0.310 e. The minimum atomic E-state index is -0.453. The number of aliphatic hydroxyl groups excluding tert-OH is 1. The number of ether oxygens (including phenoxy) is 1. The van der Waals surface area contributed by atoms with Crippen LogP contribution < -0.4 is 0 Å². The molecule has 0 saturated heterocycles. The van der Waals surface area contributed by atoms with Gasteiger partial charge in [0.25, 0.3) is 0 Å². The van der Waals surface area contributed by atoms with Gasteiger partial charge >= 0.3 is 5.97 Å². The maximum Gasteiger partial charge on any atom is 0.310 e. The molecule has 0 atom stereocenters. The van der Waals surface area contributed by atoms with Gasteiger partial charge in [0.1, 0.15) is 5.60 Å². The molecule has 114 valence electrons. The largest absolute Gasteiger partial charge is 0.460 e. The first-order valence-electron chi connectivity index (χ1n) is 6.13. The van der Waals surface area contributed by atoms with E-state index in [1.54, 1.807) is 11.8 Å². The molecule has 0 unspecified atom stereocenters. The van der Waals surface area contributed by atoms with Crippen LogP contribution in [-0.4, -0.2) is 37.6 Å². The lowest BCUT2D eigenvalue weighted by Crippen LogP contribution is -2.24. The Bertz CT molecular complexity index is 389. The number of hydrogen-bond donors (Lipinski definition) is 1. The molecule has 1 aromatic carbocycles. The molecule has 0 aliphatic carbocycles. The highest BCUT2D eigenvalue weighted by Gasteiger charge is 2.16. The topological polar surface area (TPSA) is 46.5 Å². The summed E-state index contributed by atoms with van der Waals surface area (Å²) in [6.45, 7) is 5.52. The molecule has 0 saturated carbocycles. The fourth-order valence-corrected chi connectivity index (χ4v) is 1.38. The number of aliphatic hydroxyl groups is 1. The Morgan fingerprint density at radius 1 is 1.25 bits per heavy atom. The number of carbonyl (C=O) groups is 1. The van der Waals surface area contributed by atoms with Gasteiger partial charge in [0.05, 0.1) is 21.4 Å². The van der Waals surface area contributed by atoms with Gasteiger partial charge in [0.2, 0.25) is 0 Å². The van der Waals surface area contributed by atoms with Crippen molar-refractivity contribution in [3.05, 3.63) is 35.4 Å². The number of rotatable bonds is 3. The second-order valence-corrected chi connectivity index (χ2v) is 5.97. The maximum absolute atomic E-state index is 11.5. The third-order valence-electron chi connectivity index (χ3n) is 1.94. The van der Waals surface area contributed by atoms with Crippen molar-refractivity contribution in [2.45, 2.75) is 39.4 Å². The summed E-state index contributed by atoms with van der Waals surface area (Å²) in [4.78, 5) is 11.5. The van der Waals surface area contributed by atoms with Gasteiger partial charge < -0.3 is 9.84 Å². The van der Waals surface area contributed by atoms with Crippen molar-refractivity contribution in [1.29, 1.82) is 0 Å². The van der Waals surface area contributed by atoms with Crippen molar-refractivity contribution < 1.29 is 14.6 Å². The summed E-state index contributed by atoms with van der Waals surface area (Å²) in [7, 11) is 0. The van der Waals surface area contributed by atoms with Gasteiger partial charge in [-0.25, -0.2) is 0 Å². The van der Waals surface area contributed by atoms with Crippen molar-refractivity contribution in [3.8, 4) is 0 Å². The number of benzene rings is 1. The predicted molar refractivity (Wildman–Crippen MR) is 91.3 cm³/mol. The first-order chi connectivity index (χ1) is 8.82. The number of hydrogen-bond acceptors (Lipinski definition) is 4. The van der Waals surface area contributed by atoms with E-state index in [-0.39, 0.29) is 27.4 Å². The van der Waals surface area contributed by atoms with E-state index in [0.29, 0.717) is 0 Å². The Balaban J connectivity index is 0. The molecule has 0 radical (unpaired) electrons. The lowest BCUT2D eigenvalue weighted by molar-refractivity contribution is -0.153. The summed E-state index contributed by atoms with van der Waals surface area (Å²) in [5.41, 5.74) is 1.22. The zero-order valence-corrected chi connectivity index (χ0v) is 13.2. The zero-order chi connectivity index (χ0) is 14.9. The van der Waals surface area contributed by atoms with Crippen LogP contribution in [0.4, 0.5) is 0 Å². The van der Waals surface area contributed by atoms with E-state index in [1.165, 1.54) is 0 Å². The maximum atomic E-state index is 11.5. The van der Waals surface area contributed by atoms with Gasteiger partial charge in [-0.15, -0.1) is 0 Å². The average molecular weight is 298 g/mol. The van der Waals surface area contributed by atoms with E-state index in [4.69, 9.17) is 9.84 Å². The van der Waals surface area contributed by atoms with Crippen LogP contribution in [0.3, 0.4) is 0 Å². The molecule has 0 aliphatic rings. The van der Waals surface area contributed by atoms with E-state index >= 15 is 0 Å². The van der Waals surface area contributed by atoms with Crippen molar-refractivity contribution in [2.75, 3.05) is 12.5 Å². The summed E-state index contributed by atoms with van der Waals surface area (Å²) in [5.74, 6) is -0.248. The van der Waals surface area contributed by atoms with Gasteiger partial charge in [-0.05, 0) is 44.4 Å². The lowest BCUT2D eigenvalue weighted by Gasteiger charge is -2.19. The lowest BCUT2D eigenvalue weighted by atomic mass is 10.1. The van der Waals surface area contributed by atoms with Gasteiger partial charge in [0.15, 0.2) is 0 Å². The normalized spacial score (nSPS) is 9.90. The van der Waals surface area contributed by atoms with Crippen LogP contribution in [0, 0.1) is 0 Å². The molecule has 20 heavy (non-hydrogen) atoms. The summed E-state index contributed by atoms with van der Waals surface area (Å²) >= 11 is 1.75. The monoisotopic (exact) mass is 298 g/mol. The van der Waals surface area contributed by atoms with Crippen LogP contribution in [0.25, 0.3) is 0 Å². The molecule has 1 rings (SSSR count). The van der Waals surface area contributed by atoms with E-state index in [2.05, 4.69) is 0 Å². The van der Waals surface area contributed by atoms with Gasteiger partial charge in [0, 0.05) is 0 Å². The molecule has 0 spiro atoms. The Hall–Kier alpha value is -0.935. The molecular formula is C15H27BO3S. The zero-order valence-electron chi connectivity index (χ0n) is 12.4. The summed E-state index contributed by atoms with van der Waals surface area (Å²) < 4.78 is 5.21. The first kappa shape index (κ1) is 21.4. The first-order valence-corrected chi connectivity index (χ1v) is 7.76. The van der Waals surface area contributed by atoms with Crippen molar-refractivity contribution in [1.82, 2.24) is 0 Å². The van der Waals surface area contributed by atoms with Crippen LogP contribution in [0.2, 0.25) is 0 Å². The van der Waals surface area contributed by atoms with Gasteiger partial charge in [-0.3, -0.25) is 4.79 Å². The molecule has 1 aromatic rings. The summed E-state index contributed by atoms with van der Waals surface area (Å²) in [5, 5.41) is 8.97. The van der Waals surface area contributed by atoms with E-state index in [9.17, 15) is 4.79 Å². The molecule has 0 fully saturated rings. The Labute approximate surface area is 128 Å². The molecule has 0 amide bonds. The highest BCUT2D eigenvalue weighted by Crippen LogP contribution is 2.11. The summed E-state index contributed by atoms with van der Waals surface area (Å²) in [6.07, 6.45) is 4.32. The van der Waals surface area contributed by atoms with Crippen molar-refractivity contribution in [2.24, 2.45) is 0 Å². The molecule has 5 heteroatoms. The van der Waals surface area contributed by atoms with Crippen LogP contribution in [-0.2, 0) is 22.6 Å².